The first-order valence-electron chi connectivity index (χ1n) is 3.84. The molecule has 1 aromatic carbocycles. The van der Waals surface area contributed by atoms with Gasteiger partial charge in [-0.3, -0.25) is 11.5 Å². The van der Waals surface area contributed by atoms with E-state index in [4.69, 9.17) is 16.0 Å². The summed E-state index contributed by atoms with van der Waals surface area (Å²) in [6.07, 6.45) is 0. The molecule has 7 nitrogen and oxygen atoms in total. The van der Waals surface area contributed by atoms with Crippen molar-refractivity contribution in [3.05, 3.63) is 24.3 Å². The molecule has 0 aliphatic carbocycles. The highest BCUT2D eigenvalue weighted by molar-refractivity contribution is 5.70. The van der Waals surface area contributed by atoms with Gasteiger partial charge >= 0.3 is 16.6 Å². The molecule has 1 aromatic rings. The highest BCUT2D eigenvalue weighted by atomic mass is 16.9. The van der Waals surface area contributed by atoms with E-state index in [0.717, 1.165) is 0 Å². The van der Waals surface area contributed by atoms with E-state index in [1.54, 1.807) is 24.3 Å². The zero-order valence-electron chi connectivity index (χ0n) is 7.16. The molecule has 1 aliphatic rings. The molecule has 2 rings (SSSR count). The van der Waals surface area contributed by atoms with Crippen LogP contribution >= 0.6 is 0 Å². The van der Waals surface area contributed by atoms with Gasteiger partial charge in [0.15, 0.2) is 10.9 Å². The number of rotatable bonds is 1. The second kappa shape index (κ2) is 2.76. The maximum absolute atomic E-state index is 9.79. The minimum Gasteiger partial charge on any atom is -0.295 e. The number of carbonyl (C=O) groups excluding carboxylic acids is 1. The van der Waals surface area contributed by atoms with Gasteiger partial charge in [0.25, 0.3) is 0 Å². The SMILES string of the molecule is NC(N)=[O+][N+]1(O)N=Nc2ccccc21. The number of hydrogen-bond donors (Lipinski definition) is 3. The maximum Gasteiger partial charge on any atom is 0.591 e. The van der Waals surface area contributed by atoms with Crippen LogP contribution in [0.5, 0.6) is 0 Å². The predicted molar refractivity (Wildman–Crippen MR) is 48.3 cm³/mol. The van der Waals surface area contributed by atoms with Crippen molar-refractivity contribution in [1.29, 1.82) is 0 Å². The van der Waals surface area contributed by atoms with Gasteiger partial charge in [-0.15, -0.1) is 0 Å². The molecule has 2 amide bonds. The van der Waals surface area contributed by atoms with Crippen LogP contribution in [0.25, 0.3) is 0 Å². The summed E-state index contributed by atoms with van der Waals surface area (Å²) in [7, 11) is 0. The molecule has 1 unspecified atom stereocenters. The second-order valence-corrected chi connectivity index (χ2v) is 2.72. The van der Waals surface area contributed by atoms with Crippen LogP contribution in [-0.2, 0) is 0 Å². The first kappa shape index (κ1) is 8.60. The van der Waals surface area contributed by atoms with Gasteiger partial charge in [0.05, 0.1) is 4.53 Å². The summed E-state index contributed by atoms with van der Waals surface area (Å²) >= 11 is 0. The van der Waals surface area contributed by atoms with E-state index in [9.17, 15) is 5.21 Å². The summed E-state index contributed by atoms with van der Waals surface area (Å²) in [6.45, 7) is 0. The molecule has 0 bridgehead atoms. The number of benzene rings is 1. The number of hydrogen-bond acceptors (Lipinski definition) is 3. The molecule has 1 heterocycles. The fourth-order valence-electron chi connectivity index (χ4n) is 1.17. The third kappa shape index (κ3) is 1.20. The van der Waals surface area contributed by atoms with Crippen molar-refractivity contribution in [2.45, 2.75) is 0 Å². The molecule has 14 heavy (non-hydrogen) atoms. The van der Waals surface area contributed by atoms with Gasteiger partial charge in [-0.05, 0) is 6.07 Å². The third-order valence-corrected chi connectivity index (χ3v) is 1.70. The maximum atomic E-state index is 9.79. The largest absolute Gasteiger partial charge is 0.591 e. The van der Waals surface area contributed by atoms with Crippen LogP contribution in [0.4, 0.5) is 15.9 Å². The lowest BCUT2D eigenvalue weighted by atomic mass is 10.3. The van der Waals surface area contributed by atoms with Crippen molar-refractivity contribution in [2.24, 2.45) is 21.8 Å². The van der Waals surface area contributed by atoms with Crippen molar-refractivity contribution in [3.63, 3.8) is 0 Å². The predicted octanol–water partition coefficient (Wildman–Crippen LogP) is 0.883. The third-order valence-electron chi connectivity index (χ3n) is 1.70. The van der Waals surface area contributed by atoms with Gasteiger partial charge < -0.3 is 0 Å². The van der Waals surface area contributed by atoms with Crippen LogP contribution < -0.4 is 16.4 Å². The van der Waals surface area contributed by atoms with E-state index in [1.807, 2.05) is 0 Å². The lowest BCUT2D eigenvalue weighted by molar-refractivity contribution is -0.496. The Kier molecular flexibility index (Phi) is 1.69. The van der Waals surface area contributed by atoms with Gasteiger partial charge in [-0.2, -0.15) is 0 Å². The molecular weight excluding hydrogens is 186 g/mol. The Labute approximate surface area is 79.0 Å². The highest BCUT2D eigenvalue weighted by Gasteiger charge is 2.50. The Morgan fingerprint density at radius 3 is 2.79 bits per heavy atom. The zero-order chi connectivity index (χ0) is 10.2. The summed E-state index contributed by atoms with van der Waals surface area (Å²) in [5.74, 6) is 0. The Balaban J connectivity index is 2.53. The van der Waals surface area contributed by atoms with Crippen molar-refractivity contribution in [2.75, 3.05) is 0 Å². The van der Waals surface area contributed by atoms with Gasteiger partial charge in [0.1, 0.15) is 0 Å². The molecule has 7 heteroatoms. The highest BCUT2D eigenvalue weighted by Crippen LogP contribution is 2.40. The minimum atomic E-state index is -1.20. The number of urea groups is 1. The van der Waals surface area contributed by atoms with E-state index in [1.165, 1.54) is 0 Å². The molecule has 0 fully saturated rings. The fourth-order valence-corrected chi connectivity index (χ4v) is 1.17. The molecule has 5 N–H and O–H groups in total. The second-order valence-electron chi connectivity index (χ2n) is 2.72. The quantitative estimate of drug-likeness (QED) is 0.448. The monoisotopic (exact) mass is 195 g/mol. The number of para-hydroxylation sites is 1. The molecule has 0 saturated carbocycles. The van der Waals surface area contributed by atoms with E-state index in [0.29, 0.717) is 11.4 Å². The van der Waals surface area contributed by atoms with E-state index >= 15 is 0 Å². The average molecular weight is 195 g/mol. The van der Waals surface area contributed by atoms with Crippen LogP contribution in [0.3, 0.4) is 0 Å². The normalized spacial score (nSPS) is 23.2. The summed E-state index contributed by atoms with van der Waals surface area (Å²) < 4.78 is 4.73. The number of nitrogens with zero attached hydrogens (tertiary/aromatic N) is 3. The van der Waals surface area contributed by atoms with Crippen LogP contribution in [0.1, 0.15) is 0 Å². The van der Waals surface area contributed by atoms with Crippen molar-refractivity contribution >= 4 is 17.4 Å². The van der Waals surface area contributed by atoms with Gasteiger partial charge in [-0.25, -0.2) is 0 Å². The molecule has 0 aromatic heterocycles. The van der Waals surface area contributed by atoms with Crippen LogP contribution in [0, 0.1) is 0 Å². The molecule has 0 saturated heterocycles. The Morgan fingerprint density at radius 2 is 2.07 bits per heavy atom. The van der Waals surface area contributed by atoms with E-state index < -0.39 is 4.92 Å². The first-order chi connectivity index (χ1) is 6.62. The van der Waals surface area contributed by atoms with Crippen molar-refractivity contribution in [1.82, 2.24) is 4.92 Å². The minimum absolute atomic E-state index is 0.362. The van der Waals surface area contributed by atoms with Gasteiger partial charge in [0, 0.05) is 6.07 Å². The van der Waals surface area contributed by atoms with E-state index in [-0.39, 0.29) is 6.03 Å². The molecule has 1 atom stereocenters. The number of primary amides is 2. The summed E-state index contributed by atoms with van der Waals surface area (Å²) in [4.78, 5) is -1.20. The lowest BCUT2D eigenvalue weighted by Crippen LogP contribution is -2.34. The summed E-state index contributed by atoms with van der Waals surface area (Å²) in [5.41, 5.74) is 11.1. The Bertz CT molecular complexity index is 426. The van der Waals surface area contributed by atoms with E-state index in [2.05, 4.69) is 10.3 Å². The average Bonchev–Trinajstić information content (AvgIpc) is 2.44. The Hall–Kier alpha value is -1.99. The number of fused-ring (bicyclic) bond motifs is 1. The van der Waals surface area contributed by atoms with Gasteiger partial charge in [-0.1, -0.05) is 22.5 Å². The van der Waals surface area contributed by atoms with Crippen molar-refractivity contribution in [3.8, 4) is 0 Å². The van der Waals surface area contributed by atoms with Crippen LogP contribution in [-0.4, -0.2) is 11.2 Å². The summed E-state index contributed by atoms with van der Waals surface area (Å²) in [6, 6.07) is 6.39. The fraction of sp³-hybridized carbons (Fsp3) is 0. The van der Waals surface area contributed by atoms with Crippen LogP contribution in [0.2, 0.25) is 0 Å². The smallest absolute Gasteiger partial charge is 0.295 e. The first-order valence-corrected chi connectivity index (χ1v) is 3.84. The number of quaternary nitrogens is 1. The standard InChI is InChI=1S/C7H9N5O2/c8-7(9)14-12(13)6-4-2-1-3-5(6)10-11-12/h1-4,13H,8-9H2/q+2. The lowest BCUT2D eigenvalue weighted by Gasteiger charge is -1.97. The molecular formula is C7H9N5O2+2. The number of nitrogens with two attached hydrogens (primary N) is 2. The zero-order valence-corrected chi connectivity index (χ0v) is 7.16. The number of amides is 2. The molecule has 0 radical (unpaired) electrons. The van der Waals surface area contributed by atoms with Crippen molar-refractivity contribution < 1.29 is 9.73 Å². The van der Waals surface area contributed by atoms with Crippen LogP contribution in [0.15, 0.2) is 34.6 Å². The topological polar surface area (TPSA) is 108 Å². The molecule has 1 aliphatic heterocycles. The Morgan fingerprint density at radius 1 is 1.36 bits per heavy atom. The molecule has 0 spiro atoms. The van der Waals surface area contributed by atoms with Gasteiger partial charge in [0.2, 0.25) is 0 Å². The summed E-state index contributed by atoms with van der Waals surface area (Å²) in [5, 5.41) is 17.0. The molecule has 72 valence electrons.